The van der Waals surface area contributed by atoms with Crippen LogP contribution in [0.25, 0.3) is 65.3 Å². The van der Waals surface area contributed by atoms with Crippen LogP contribution in [0.5, 0.6) is 0 Å². The number of benzene rings is 10. The summed E-state index contributed by atoms with van der Waals surface area (Å²) in [6, 6.07) is 74.2. The van der Waals surface area contributed by atoms with E-state index in [1.165, 1.54) is 32.7 Å². The van der Waals surface area contributed by atoms with Crippen LogP contribution >= 0.6 is 0 Å². The van der Waals surface area contributed by atoms with Crippen LogP contribution in [-0.2, 0) is 0 Å². The number of fused-ring (bicyclic) bond motifs is 6. The maximum atomic E-state index is 5.68. The highest BCUT2D eigenvalue weighted by atomic mass is 14.8. The molecule has 0 aliphatic carbocycles. The first-order chi connectivity index (χ1) is 27.7. The van der Waals surface area contributed by atoms with E-state index in [0.29, 0.717) is 0 Å². The maximum absolute atomic E-state index is 5.68. The standard InChI is InChI=1S/C54H34N2/c1-3-13-37-27-45(25-23-35(37)11-1)39-19-9-21-47(29-39)53-49-31-41-15-5-7-17-43(41)33-51(49)56-54(50-32-42-16-6-8-18-44(42)34-52(50)55-53)48-22-10-20-40(30-48)46-26-24-36-12-2-4-14-38(36)28-46/h1-34H/b53-49?,54-50?,55-52?,55-53-,56-51?,56-54-. The molecule has 2 heteroatoms. The molecule has 10 aromatic carbocycles. The lowest BCUT2D eigenvalue weighted by Crippen LogP contribution is -2.11. The van der Waals surface area contributed by atoms with Gasteiger partial charge in [-0.3, -0.25) is 0 Å². The van der Waals surface area contributed by atoms with E-state index < -0.39 is 0 Å². The second-order valence-corrected chi connectivity index (χ2v) is 14.6. The minimum atomic E-state index is 0.892. The largest absolute Gasteiger partial charge is 0.247 e. The Bertz CT molecular complexity index is 3040. The maximum Gasteiger partial charge on any atom is 0.0803 e. The van der Waals surface area contributed by atoms with Crippen LogP contribution in [0.15, 0.2) is 216 Å². The van der Waals surface area contributed by atoms with Gasteiger partial charge in [0.25, 0.3) is 0 Å². The molecule has 0 saturated carbocycles. The average molecular weight is 711 g/mol. The SMILES string of the molecule is c1cc(/C2=N/c3cc4ccccc4cc3/C(c3cccc(-c4ccc5ccccc5c4)c3)=N\c3cc4ccccc4cc32)cc(-c2ccc3ccccc3c2)c1. The van der Waals surface area contributed by atoms with Gasteiger partial charge in [-0.2, -0.15) is 0 Å². The van der Waals surface area contributed by atoms with Crippen molar-refractivity contribution in [2.45, 2.75) is 0 Å². The summed E-state index contributed by atoms with van der Waals surface area (Å²) in [5.74, 6) is 0. The van der Waals surface area contributed by atoms with Gasteiger partial charge in [-0.25, -0.2) is 9.98 Å². The minimum Gasteiger partial charge on any atom is -0.247 e. The number of aliphatic imine (C=N–C) groups is 2. The molecule has 1 aliphatic heterocycles. The van der Waals surface area contributed by atoms with Crippen molar-refractivity contribution in [3.05, 3.63) is 229 Å². The molecule has 11 rings (SSSR count). The third kappa shape index (κ3) is 5.68. The first kappa shape index (κ1) is 32.0. The van der Waals surface area contributed by atoms with Gasteiger partial charge in [-0.15, -0.1) is 0 Å². The molecule has 56 heavy (non-hydrogen) atoms. The van der Waals surface area contributed by atoms with Crippen molar-refractivity contribution < 1.29 is 0 Å². The highest BCUT2D eigenvalue weighted by Gasteiger charge is 2.22. The lowest BCUT2D eigenvalue weighted by molar-refractivity contribution is 1.41. The van der Waals surface area contributed by atoms with Crippen LogP contribution in [0.3, 0.4) is 0 Å². The average Bonchev–Trinajstić information content (AvgIpc) is 3.26. The number of nitrogens with zero attached hydrogens (tertiary/aromatic N) is 2. The summed E-state index contributed by atoms with van der Waals surface area (Å²) >= 11 is 0. The van der Waals surface area contributed by atoms with E-state index >= 15 is 0 Å². The molecule has 0 bridgehead atoms. The normalized spacial score (nSPS) is 14.4. The summed E-state index contributed by atoms with van der Waals surface area (Å²) < 4.78 is 0. The van der Waals surface area contributed by atoms with E-state index in [4.69, 9.17) is 9.98 Å². The van der Waals surface area contributed by atoms with Gasteiger partial charge in [-0.05, 0) is 114 Å². The summed E-state index contributed by atoms with van der Waals surface area (Å²) in [6.45, 7) is 0. The minimum absolute atomic E-state index is 0.892. The predicted molar refractivity (Wildman–Crippen MR) is 237 cm³/mol. The number of hydrogen-bond donors (Lipinski definition) is 0. The van der Waals surface area contributed by atoms with E-state index in [-0.39, 0.29) is 0 Å². The molecular formula is C54H34N2. The smallest absolute Gasteiger partial charge is 0.0803 e. The zero-order valence-corrected chi connectivity index (χ0v) is 30.5. The van der Waals surface area contributed by atoms with E-state index in [9.17, 15) is 0 Å². The van der Waals surface area contributed by atoms with Gasteiger partial charge in [0.1, 0.15) is 0 Å². The number of rotatable bonds is 4. The Morgan fingerprint density at radius 2 is 0.536 bits per heavy atom. The first-order valence-electron chi connectivity index (χ1n) is 19.1. The quantitative estimate of drug-likeness (QED) is 0.174. The molecule has 0 fully saturated rings. The Morgan fingerprint density at radius 1 is 0.214 bits per heavy atom. The van der Waals surface area contributed by atoms with Crippen LogP contribution in [0.2, 0.25) is 0 Å². The van der Waals surface area contributed by atoms with Crippen molar-refractivity contribution in [3.63, 3.8) is 0 Å². The molecule has 1 aliphatic rings. The fourth-order valence-corrected chi connectivity index (χ4v) is 8.25. The molecule has 0 atom stereocenters. The summed E-state index contributed by atoms with van der Waals surface area (Å²) in [5, 5.41) is 9.50. The Balaban J connectivity index is 1.15. The van der Waals surface area contributed by atoms with Crippen LogP contribution in [0.1, 0.15) is 22.3 Å². The molecule has 0 aromatic heterocycles. The van der Waals surface area contributed by atoms with Crippen molar-refractivity contribution >= 4 is 65.9 Å². The molecule has 0 amide bonds. The van der Waals surface area contributed by atoms with Crippen molar-refractivity contribution in [2.75, 3.05) is 0 Å². The van der Waals surface area contributed by atoms with E-state index in [1.54, 1.807) is 0 Å². The second kappa shape index (κ2) is 13.2. The van der Waals surface area contributed by atoms with Gasteiger partial charge < -0.3 is 0 Å². The lowest BCUT2D eigenvalue weighted by Gasteiger charge is -2.20. The lowest BCUT2D eigenvalue weighted by atomic mass is 9.91. The summed E-state index contributed by atoms with van der Waals surface area (Å²) in [7, 11) is 0. The van der Waals surface area contributed by atoms with Crippen molar-refractivity contribution in [1.29, 1.82) is 0 Å². The monoisotopic (exact) mass is 710 g/mol. The fourth-order valence-electron chi connectivity index (χ4n) is 8.25. The van der Waals surface area contributed by atoms with Crippen molar-refractivity contribution in [1.82, 2.24) is 0 Å². The van der Waals surface area contributed by atoms with Crippen LogP contribution < -0.4 is 0 Å². The van der Waals surface area contributed by atoms with Gasteiger partial charge in [-0.1, -0.05) is 158 Å². The zero-order chi connectivity index (χ0) is 37.0. The summed E-state index contributed by atoms with van der Waals surface area (Å²) in [6.07, 6.45) is 0. The van der Waals surface area contributed by atoms with E-state index in [0.717, 1.165) is 77.7 Å². The van der Waals surface area contributed by atoms with Crippen molar-refractivity contribution in [2.24, 2.45) is 9.98 Å². The molecule has 10 aromatic rings. The zero-order valence-electron chi connectivity index (χ0n) is 30.5. The van der Waals surface area contributed by atoms with Crippen LogP contribution in [0, 0.1) is 0 Å². The fraction of sp³-hybridized carbons (Fsp3) is 0. The third-order valence-electron chi connectivity index (χ3n) is 11.1. The Kier molecular flexibility index (Phi) is 7.53. The van der Waals surface area contributed by atoms with Gasteiger partial charge in [0.15, 0.2) is 0 Å². The Labute approximate surface area is 325 Å². The third-order valence-corrected chi connectivity index (χ3v) is 11.1. The van der Waals surface area contributed by atoms with Crippen LogP contribution in [0.4, 0.5) is 11.4 Å². The highest BCUT2D eigenvalue weighted by molar-refractivity contribution is 6.24. The first-order valence-corrected chi connectivity index (χ1v) is 19.1. The van der Waals surface area contributed by atoms with E-state index in [2.05, 4.69) is 206 Å². The molecule has 0 N–H and O–H groups in total. The van der Waals surface area contributed by atoms with Crippen LogP contribution in [-0.4, -0.2) is 11.4 Å². The van der Waals surface area contributed by atoms with Gasteiger partial charge in [0, 0.05) is 22.3 Å². The van der Waals surface area contributed by atoms with Gasteiger partial charge in [0.2, 0.25) is 0 Å². The number of hydrogen-bond acceptors (Lipinski definition) is 2. The summed E-state index contributed by atoms with van der Waals surface area (Å²) in [5.41, 5.74) is 12.3. The summed E-state index contributed by atoms with van der Waals surface area (Å²) in [4.78, 5) is 11.4. The Hall–Kier alpha value is -7.42. The van der Waals surface area contributed by atoms with Gasteiger partial charge >= 0.3 is 0 Å². The molecule has 0 unspecified atom stereocenters. The van der Waals surface area contributed by atoms with Crippen molar-refractivity contribution in [3.8, 4) is 22.3 Å². The molecule has 2 nitrogen and oxygen atoms in total. The van der Waals surface area contributed by atoms with E-state index in [1.807, 2.05) is 0 Å². The molecule has 0 radical (unpaired) electrons. The molecular weight excluding hydrogens is 677 g/mol. The predicted octanol–water partition coefficient (Wildman–Crippen LogP) is 14.3. The molecule has 0 spiro atoms. The molecule has 0 saturated heterocycles. The Morgan fingerprint density at radius 3 is 0.946 bits per heavy atom. The topological polar surface area (TPSA) is 24.7 Å². The van der Waals surface area contributed by atoms with Gasteiger partial charge in [0.05, 0.1) is 22.8 Å². The second-order valence-electron chi connectivity index (χ2n) is 14.6. The molecule has 1 heterocycles. The molecule has 260 valence electrons. The highest BCUT2D eigenvalue weighted by Crippen LogP contribution is 2.39.